The number of amides is 2. The van der Waals surface area contributed by atoms with Crippen molar-refractivity contribution >= 4 is 12.2 Å². The van der Waals surface area contributed by atoms with Gasteiger partial charge in [-0.15, -0.1) is 0 Å². The molecule has 2 heterocycles. The third-order valence-corrected chi connectivity index (χ3v) is 8.90. The van der Waals surface area contributed by atoms with E-state index in [0.29, 0.717) is 38.8 Å². The van der Waals surface area contributed by atoms with E-state index >= 15 is 0 Å². The second-order valence-electron chi connectivity index (χ2n) is 12.2. The van der Waals surface area contributed by atoms with Gasteiger partial charge in [0.2, 0.25) is 12.1 Å². The van der Waals surface area contributed by atoms with Crippen LogP contribution in [-0.4, -0.2) is 47.2 Å². The lowest BCUT2D eigenvalue weighted by atomic mass is 9.92. The summed E-state index contributed by atoms with van der Waals surface area (Å²) in [6.07, 6.45) is 1.53. The molecule has 0 saturated carbocycles. The van der Waals surface area contributed by atoms with Gasteiger partial charge in [-0.05, 0) is 46.5 Å². The Kier molecular flexibility index (Phi) is 12.5. The topological polar surface area (TPSA) is 67.8 Å². The molecule has 2 saturated heterocycles. The summed E-state index contributed by atoms with van der Waals surface area (Å²) in [6.45, 7) is 15.9. The highest BCUT2D eigenvalue weighted by Gasteiger charge is 2.37. The molecule has 2 amide bonds. The van der Waals surface area contributed by atoms with Crippen LogP contribution in [0.25, 0.3) is 9.69 Å². The first-order valence-corrected chi connectivity index (χ1v) is 16.5. The first-order chi connectivity index (χ1) is 24.3. The number of rotatable bonds is 6. The number of carbonyl (C=O) groups excluding carboxylic acids is 2. The van der Waals surface area contributed by atoms with Gasteiger partial charge in [0.15, 0.2) is 0 Å². The fraction of sp³-hybridized carbons (Fsp3) is 0.300. The van der Waals surface area contributed by atoms with Crippen LogP contribution in [0, 0.1) is 24.8 Å². The number of likely N-dealkylation sites (tertiary alicyclic amines) is 2. The van der Waals surface area contributed by atoms with Crippen molar-refractivity contribution < 1.29 is 27.8 Å². The molecule has 50 heavy (non-hydrogen) atoms. The number of nitrogens with zero attached hydrogens (tertiary/aromatic N) is 4. The summed E-state index contributed by atoms with van der Waals surface area (Å²) in [4.78, 5) is 35.7. The normalized spacial score (nSPS) is 19.9. The van der Waals surface area contributed by atoms with Gasteiger partial charge in [-0.1, -0.05) is 84.9 Å². The van der Waals surface area contributed by atoms with Crippen molar-refractivity contribution in [3.05, 3.63) is 166 Å². The van der Waals surface area contributed by atoms with Gasteiger partial charge in [0, 0.05) is 38.8 Å². The first-order valence-electron chi connectivity index (χ1n) is 16.5. The Balaban J connectivity index is 0.000000194. The molecule has 0 N–H and O–H groups in total. The molecule has 4 aromatic rings. The standard InChI is InChI=1S/2C20H19FN2O2/c2*1-22-18-11-12-23(19(13-18)16-7-9-17(21)10-8-16)20(24)25-14-15-5-3-2-4-6-15/h2*2-10,18-19H,11-14H2/t18-,19+;18-,19-/m10/s1. The van der Waals surface area contributed by atoms with Crippen LogP contribution in [-0.2, 0) is 22.7 Å². The van der Waals surface area contributed by atoms with E-state index in [1.165, 1.54) is 24.3 Å². The Labute approximate surface area is 291 Å². The molecule has 0 bridgehead atoms. The molecule has 4 atom stereocenters. The molecule has 6 rings (SSSR count). The molecule has 4 aromatic carbocycles. The lowest BCUT2D eigenvalue weighted by molar-refractivity contribution is 0.0661. The van der Waals surface area contributed by atoms with Gasteiger partial charge in [-0.25, -0.2) is 31.5 Å². The Morgan fingerprint density at radius 1 is 0.600 bits per heavy atom. The monoisotopic (exact) mass is 676 g/mol. The molecule has 0 spiro atoms. The quantitative estimate of drug-likeness (QED) is 0.191. The lowest BCUT2D eigenvalue weighted by Crippen LogP contribution is -2.42. The van der Waals surface area contributed by atoms with E-state index in [2.05, 4.69) is 9.69 Å². The summed E-state index contributed by atoms with van der Waals surface area (Å²) in [6, 6.07) is 30.4. The molecule has 2 aliphatic heterocycles. The van der Waals surface area contributed by atoms with Crippen LogP contribution in [0.15, 0.2) is 109 Å². The maximum Gasteiger partial charge on any atom is 0.410 e. The number of ether oxygens (including phenoxy) is 2. The van der Waals surface area contributed by atoms with E-state index in [-0.39, 0.29) is 49.0 Å². The van der Waals surface area contributed by atoms with Crippen LogP contribution in [0.2, 0.25) is 0 Å². The van der Waals surface area contributed by atoms with Gasteiger partial charge in [0.05, 0.1) is 12.1 Å². The number of halogens is 2. The first kappa shape index (κ1) is 35.6. The summed E-state index contributed by atoms with van der Waals surface area (Å²) in [5.74, 6) is -0.640. The largest absolute Gasteiger partial charge is 0.445 e. The van der Waals surface area contributed by atoms with E-state index in [0.717, 1.165) is 22.3 Å². The van der Waals surface area contributed by atoms with Gasteiger partial charge in [0.25, 0.3) is 0 Å². The molecule has 2 fully saturated rings. The molecule has 0 unspecified atom stereocenters. The summed E-state index contributed by atoms with van der Waals surface area (Å²) >= 11 is 0. The molecule has 0 aliphatic carbocycles. The zero-order valence-corrected chi connectivity index (χ0v) is 27.5. The van der Waals surface area contributed by atoms with Crippen LogP contribution in [0.5, 0.6) is 0 Å². The zero-order chi connectivity index (χ0) is 35.3. The fourth-order valence-electron chi connectivity index (χ4n) is 6.17. The number of carbonyl (C=O) groups is 2. The molecule has 10 heteroatoms. The predicted molar refractivity (Wildman–Crippen MR) is 184 cm³/mol. The highest BCUT2D eigenvalue weighted by atomic mass is 19.1. The summed E-state index contributed by atoms with van der Waals surface area (Å²) in [5, 5.41) is 0. The van der Waals surface area contributed by atoms with Crippen LogP contribution >= 0.6 is 0 Å². The molecular weight excluding hydrogens is 638 g/mol. The van der Waals surface area contributed by atoms with Crippen molar-refractivity contribution in [1.82, 2.24) is 9.80 Å². The van der Waals surface area contributed by atoms with E-state index in [9.17, 15) is 18.4 Å². The highest BCUT2D eigenvalue weighted by molar-refractivity contribution is 5.69. The Hall–Kier alpha value is -5.74. The number of hydrogen-bond donors (Lipinski definition) is 0. The molecule has 0 aromatic heterocycles. The van der Waals surface area contributed by atoms with Crippen molar-refractivity contribution in [2.75, 3.05) is 13.1 Å². The third kappa shape index (κ3) is 9.67. The van der Waals surface area contributed by atoms with Crippen LogP contribution in [0.4, 0.5) is 18.4 Å². The highest BCUT2D eigenvalue weighted by Crippen LogP contribution is 2.34. The number of benzene rings is 4. The zero-order valence-electron chi connectivity index (χ0n) is 27.5. The van der Waals surface area contributed by atoms with Gasteiger partial charge < -0.3 is 29.0 Å². The van der Waals surface area contributed by atoms with Crippen molar-refractivity contribution in [3.63, 3.8) is 0 Å². The minimum absolute atomic E-state index is 0.131. The fourth-order valence-corrected chi connectivity index (χ4v) is 6.17. The number of piperidine rings is 2. The predicted octanol–water partition coefficient (Wildman–Crippen LogP) is 9.17. The van der Waals surface area contributed by atoms with E-state index in [1.54, 1.807) is 34.1 Å². The summed E-state index contributed by atoms with van der Waals surface area (Å²) in [7, 11) is 0. The van der Waals surface area contributed by atoms with Crippen LogP contribution in [0.1, 0.15) is 60.0 Å². The Morgan fingerprint density at radius 2 is 0.960 bits per heavy atom. The molecular formula is C40H38F2N4O4. The minimum atomic E-state index is -0.401. The second-order valence-corrected chi connectivity index (χ2v) is 12.2. The molecule has 0 radical (unpaired) electrons. The van der Waals surface area contributed by atoms with Gasteiger partial charge in [-0.2, -0.15) is 0 Å². The van der Waals surface area contributed by atoms with Crippen LogP contribution in [0.3, 0.4) is 0 Å². The Morgan fingerprint density at radius 3 is 1.30 bits per heavy atom. The molecule has 2 aliphatic rings. The number of hydrogen-bond acceptors (Lipinski definition) is 4. The third-order valence-electron chi connectivity index (χ3n) is 8.90. The van der Waals surface area contributed by atoms with Crippen LogP contribution < -0.4 is 0 Å². The maximum absolute atomic E-state index is 13.2. The van der Waals surface area contributed by atoms with E-state index in [1.807, 2.05) is 60.7 Å². The lowest BCUT2D eigenvalue weighted by Gasteiger charge is -2.35. The minimum Gasteiger partial charge on any atom is -0.445 e. The summed E-state index contributed by atoms with van der Waals surface area (Å²) in [5.41, 5.74) is 3.49. The van der Waals surface area contributed by atoms with Crippen molar-refractivity contribution in [3.8, 4) is 0 Å². The smallest absolute Gasteiger partial charge is 0.410 e. The maximum atomic E-state index is 13.2. The van der Waals surface area contributed by atoms with E-state index < -0.39 is 12.2 Å². The average molecular weight is 677 g/mol. The van der Waals surface area contributed by atoms with E-state index in [4.69, 9.17) is 22.6 Å². The van der Waals surface area contributed by atoms with Crippen molar-refractivity contribution in [2.24, 2.45) is 0 Å². The SMILES string of the molecule is [C-]#[N+][C@@H]1CCN(C(=O)OCc2ccccc2)[C@H](c2ccc(F)cc2)C1.[C-]#[N+][C@H]1CCN(C(=O)OCc2ccccc2)[C@H](c2ccc(F)cc2)C1. The van der Waals surface area contributed by atoms with Gasteiger partial charge in [-0.3, -0.25) is 0 Å². The van der Waals surface area contributed by atoms with Crippen molar-refractivity contribution in [1.29, 1.82) is 0 Å². The molecule has 8 nitrogen and oxygen atoms in total. The average Bonchev–Trinajstić information content (AvgIpc) is 3.17. The Bertz CT molecular complexity index is 1640. The van der Waals surface area contributed by atoms with Gasteiger partial charge in [0.1, 0.15) is 24.8 Å². The van der Waals surface area contributed by atoms with Crippen molar-refractivity contribution in [2.45, 2.75) is 63.1 Å². The second kappa shape index (κ2) is 17.6. The summed E-state index contributed by atoms with van der Waals surface area (Å²) < 4.78 is 37.3. The molecule has 256 valence electrons. The van der Waals surface area contributed by atoms with Gasteiger partial charge >= 0.3 is 12.2 Å².